The third-order valence-electron chi connectivity index (χ3n) is 5.54. The lowest BCUT2D eigenvalue weighted by Crippen LogP contribution is -2.37. The maximum Gasteiger partial charge on any atom is 0.411 e. The Bertz CT molecular complexity index is 1050. The number of thiazole rings is 1. The number of nitrogens with zero attached hydrogens (tertiary/aromatic N) is 2. The number of ketones is 1. The summed E-state index contributed by atoms with van der Waals surface area (Å²) >= 11 is 3.79. The van der Waals surface area contributed by atoms with E-state index in [1.807, 2.05) is 42.5 Å². The van der Waals surface area contributed by atoms with E-state index in [9.17, 15) is 9.59 Å². The van der Waals surface area contributed by atoms with Crippen molar-refractivity contribution in [2.45, 2.75) is 19.3 Å². The number of aromatic nitrogens is 1. The first kappa shape index (κ1) is 22.2. The van der Waals surface area contributed by atoms with E-state index in [1.165, 1.54) is 11.3 Å². The van der Waals surface area contributed by atoms with Crippen molar-refractivity contribution in [2.24, 2.45) is 5.92 Å². The first-order chi connectivity index (χ1) is 15.1. The molecule has 2 heterocycles. The first-order valence-corrected chi connectivity index (χ1v) is 12.3. The van der Waals surface area contributed by atoms with Gasteiger partial charge in [-0.25, -0.2) is 9.78 Å². The largest absolute Gasteiger partial charge is 0.449 e. The molecule has 1 fully saturated rings. The fraction of sp³-hybridized carbons (Fsp3) is 0.348. The fourth-order valence-electron chi connectivity index (χ4n) is 3.85. The van der Waals surface area contributed by atoms with E-state index in [0.29, 0.717) is 12.3 Å². The van der Waals surface area contributed by atoms with Crippen LogP contribution in [0.5, 0.6) is 0 Å². The molecule has 1 N–H and O–H groups in total. The van der Waals surface area contributed by atoms with Crippen molar-refractivity contribution in [3.63, 3.8) is 0 Å². The molecule has 1 aliphatic rings. The Kier molecular flexibility index (Phi) is 7.52. The first-order valence-electron chi connectivity index (χ1n) is 10.4. The van der Waals surface area contributed by atoms with Gasteiger partial charge in [-0.2, -0.15) is 0 Å². The maximum absolute atomic E-state index is 12.7. The Morgan fingerprint density at radius 3 is 2.71 bits per heavy atom. The lowest BCUT2D eigenvalue weighted by atomic mass is 9.89. The number of hydrogen-bond donors (Lipinski definition) is 1. The lowest BCUT2D eigenvalue weighted by molar-refractivity contribution is 0.0830. The SMILES string of the molecule is O=C(Nc1cccc2scnc12)OCCCN1CCC(C(=O)c2ccc(I)cc2)CC1. The van der Waals surface area contributed by atoms with Crippen LogP contribution in [0.2, 0.25) is 0 Å². The normalized spacial score (nSPS) is 15.1. The molecule has 1 amide bonds. The molecule has 0 radical (unpaired) electrons. The molecule has 0 bridgehead atoms. The number of nitrogens with one attached hydrogen (secondary N) is 1. The summed E-state index contributed by atoms with van der Waals surface area (Å²) in [6, 6.07) is 13.5. The number of fused-ring (bicyclic) bond motifs is 1. The van der Waals surface area contributed by atoms with Gasteiger partial charge in [0.2, 0.25) is 0 Å². The molecule has 31 heavy (non-hydrogen) atoms. The summed E-state index contributed by atoms with van der Waals surface area (Å²) in [5, 5.41) is 2.78. The number of Topliss-reactive ketones (excluding diaryl/α,β-unsaturated/α-hetero) is 1. The quantitative estimate of drug-likeness (QED) is 0.242. The van der Waals surface area contributed by atoms with Gasteiger partial charge in [0.05, 0.1) is 22.5 Å². The highest BCUT2D eigenvalue weighted by Gasteiger charge is 2.25. The molecular formula is C23H24IN3O3S. The zero-order valence-electron chi connectivity index (χ0n) is 17.1. The van der Waals surface area contributed by atoms with Crippen molar-refractivity contribution in [1.82, 2.24) is 9.88 Å². The number of ether oxygens (including phenoxy) is 1. The van der Waals surface area contributed by atoms with E-state index in [0.717, 1.165) is 58.2 Å². The van der Waals surface area contributed by atoms with E-state index >= 15 is 0 Å². The maximum atomic E-state index is 12.7. The van der Waals surface area contributed by atoms with E-state index in [2.05, 4.69) is 37.8 Å². The van der Waals surface area contributed by atoms with Gasteiger partial charge < -0.3 is 9.64 Å². The molecule has 0 atom stereocenters. The number of hydrogen-bond acceptors (Lipinski definition) is 6. The third kappa shape index (κ3) is 5.81. The minimum absolute atomic E-state index is 0.103. The van der Waals surface area contributed by atoms with Crippen LogP contribution in [0.4, 0.5) is 10.5 Å². The van der Waals surface area contributed by atoms with Gasteiger partial charge in [0.1, 0.15) is 5.52 Å². The van der Waals surface area contributed by atoms with Gasteiger partial charge >= 0.3 is 6.09 Å². The van der Waals surface area contributed by atoms with Gasteiger partial charge in [0.15, 0.2) is 5.78 Å². The van der Waals surface area contributed by atoms with E-state index in [-0.39, 0.29) is 11.7 Å². The molecule has 1 saturated heterocycles. The van der Waals surface area contributed by atoms with Crippen LogP contribution in [0.15, 0.2) is 48.0 Å². The zero-order chi connectivity index (χ0) is 21.6. The van der Waals surface area contributed by atoms with Crippen molar-refractivity contribution in [2.75, 3.05) is 31.6 Å². The topological polar surface area (TPSA) is 71.5 Å². The highest BCUT2D eigenvalue weighted by molar-refractivity contribution is 14.1. The molecular weight excluding hydrogens is 525 g/mol. The van der Waals surface area contributed by atoms with Crippen LogP contribution < -0.4 is 5.32 Å². The van der Waals surface area contributed by atoms with E-state index < -0.39 is 6.09 Å². The van der Waals surface area contributed by atoms with Gasteiger partial charge in [0.25, 0.3) is 0 Å². The predicted molar refractivity (Wildman–Crippen MR) is 132 cm³/mol. The van der Waals surface area contributed by atoms with Crippen LogP contribution in [-0.2, 0) is 4.74 Å². The minimum Gasteiger partial charge on any atom is -0.449 e. The highest BCUT2D eigenvalue weighted by Crippen LogP contribution is 2.25. The number of piperidine rings is 1. The van der Waals surface area contributed by atoms with Crippen molar-refractivity contribution in [3.05, 3.63) is 57.1 Å². The molecule has 1 aliphatic heterocycles. The number of carbonyl (C=O) groups is 2. The summed E-state index contributed by atoms with van der Waals surface area (Å²) in [7, 11) is 0. The summed E-state index contributed by atoms with van der Waals surface area (Å²) in [5.41, 5.74) is 4.03. The van der Waals surface area contributed by atoms with Crippen molar-refractivity contribution in [1.29, 1.82) is 0 Å². The monoisotopic (exact) mass is 549 g/mol. The van der Waals surface area contributed by atoms with Crippen LogP contribution >= 0.6 is 33.9 Å². The number of likely N-dealkylation sites (tertiary alicyclic amines) is 1. The second kappa shape index (κ2) is 10.5. The standard InChI is InChI=1S/C23H24IN3O3S/c24-18-7-5-16(6-8-18)22(28)17-9-12-27(13-10-17)11-2-14-30-23(29)26-19-3-1-4-20-21(19)25-15-31-20/h1,3-8,15,17H,2,9-14H2,(H,26,29). The van der Waals surface area contributed by atoms with Crippen LogP contribution in [0, 0.1) is 9.49 Å². The molecule has 162 valence electrons. The number of carbonyl (C=O) groups excluding carboxylic acids is 2. The number of amides is 1. The summed E-state index contributed by atoms with van der Waals surface area (Å²) in [6.07, 6.45) is 2.07. The molecule has 6 nitrogen and oxygen atoms in total. The van der Waals surface area contributed by atoms with Gasteiger partial charge in [0, 0.05) is 21.6 Å². The number of anilines is 1. The van der Waals surface area contributed by atoms with E-state index in [1.54, 1.807) is 5.51 Å². The summed E-state index contributed by atoms with van der Waals surface area (Å²) in [6.45, 7) is 3.03. The molecule has 0 saturated carbocycles. The molecule has 8 heteroatoms. The predicted octanol–water partition coefficient (Wildman–Crippen LogP) is 5.43. The zero-order valence-corrected chi connectivity index (χ0v) is 20.0. The van der Waals surface area contributed by atoms with Crippen LogP contribution in [0.3, 0.4) is 0 Å². The molecule has 0 spiro atoms. The third-order valence-corrected chi connectivity index (χ3v) is 7.05. The van der Waals surface area contributed by atoms with Crippen molar-refractivity contribution in [3.8, 4) is 0 Å². The van der Waals surface area contributed by atoms with Crippen molar-refractivity contribution < 1.29 is 14.3 Å². The fourth-order valence-corrected chi connectivity index (χ4v) is 4.92. The Hall–Kier alpha value is -2.04. The minimum atomic E-state index is -0.456. The number of para-hydroxylation sites is 1. The smallest absolute Gasteiger partial charge is 0.411 e. The molecule has 3 aromatic rings. The highest BCUT2D eigenvalue weighted by atomic mass is 127. The second-order valence-corrected chi connectivity index (χ2v) is 9.74. The van der Waals surface area contributed by atoms with Gasteiger partial charge in [-0.15, -0.1) is 11.3 Å². The Balaban J connectivity index is 1.15. The van der Waals surface area contributed by atoms with Crippen molar-refractivity contribution >= 4 is 61.7 Å². The number of halogens is 1. The average molecular weight is 549 g/mol. The molecule has 0 aliphatic carbocycles. The van der Waals surface area contributed by atoms with Gasteiger partial charge in [-0.1, -0.05) is 18.2 Å². The van der Waals surface area contributed by atoms with Gasteiger partial charge in [-0.3, -0.25) is 10.1 Å². The molecule has 1 aromatic heterocycles. The Morgan fingerprint density at radius 2 is 1.94 bits per heavy atom. The number of benzene rings is 2. The van der Waals surface area contributed by atoms with Gasteiger partial charge in [-0.05, 0) is 79.2 Å². The van der Waals surface area contributed by atoms with Crippen LogP contribution in [0.1, 0.15) is 29.6 Å². The average Bonchev–Trinajstić information content (AvgIpc) is 3.27. The summed E-state index contributed by atoms with van der Waals surface area (Å²) in [5.74, 6) is 0.359. The van der Waals surface area contributed by atoms with Crippen LogP contribution in [0.25, 0.3) is 10.2 Å². The Morgan fingerprint density at radius 1 is 1.16 bits per heavy atom. The van der Waals surface area contributed by atoms with E-state index in [4.69, 9.17) is 4.74 Å². The molecule has 0 unspecified atom stereocenters. The number of rotatable bonds is 7. The van der Waals surface area contributed by atoms with Crippen LogP contribution in [-0.4, -0.2) is 48.0 Å². The second-order valence-electron chi connectivity index (χ2n) is 7.61. The lowest BCUT2D eigenvalue weighted by Gasteiger charge is -2.31. The summed E-state index contributed by atoms with van der Waals surface area (Å²) < 4.78 is 7.50. The molecule has 4 rings (SSSR count). The molecule has 2 aromatic carbocycles. The summed E-state index contributed by atoms with van der Waals surface area (Å²) in [4.78, 5) is 31.4. The Labute approximate surface area is 199 Å².